The first-order chi connectivity index (χ1) is 17.5. The van der Waals surface area contributed by atoms with Crippen molar-refractivity contribution in [3.05, 3.63) is 58.9 Å². The van der Waals surface area contributed by atoms with Crippen molar-refractivity contribution >= 4 is 11.8 Å². The number of ether oxygens (including phenoxy) is 2. The molecule has 0 spiro atoms. The predicted octanol–water partition coefficient (Wildman–Crippen LogP) is 1.33. The van der Waals surface area contributed by atoms with Crippen LogP contribution in [0.5, 0.6) is 5.75 Å². The Kier molecular flexibility index (Phi) is 7.50. The van der Waals surface area contributed by atoms with E-state index in [2.05, 4.69) is 27.8 Å². The highest BCUT2D eigenvalue weighted by atomic mass is 16.5. The van der Waals surface area contributed by atoms with E-state index in [1.807, 2.05) is 24.0 Å². The van der Waals surface area contributed by atoms with E-state index in [4.69, 9.17) is 9.47 Å². The highest BCUT2D eigenvalue weighted by Crippen LogP contribution is 2.31. The molecule has 1 aromatic carbocycles. The van der Waals surface area contributed by atoms with Gasteiger partial charge in [0.05, 0.1) is 43.6 Å². The molecule has 3 aliphatic rings. The van der Waals surface area contributed by atoms with E-state index in [0.717, 1.165) is 25.7 Å². The number of carbonyl (C=O) groups is 2. The number of nitrogens with one attached hydrogen (secondary N) is 2. The summed E-state index contributed by atoms with van der Waals surface area (Å²) in [5.41, 5.74) is 3.19. The number of aliphatic hydroxyl groups is 1. The van der Waals surface area contributed by atoms with E-state index < -0.39 is 12.0 Å². The van der Waals surface area contributed by atoms with Gasteiger partial charge in [0.1, 0.15) is 11.4 Å². The second-order valence-corrected chi connectivity index (χ2v) is 9.78. The maximum absolute atomic E-state index is 13.2. The van der Waals surface area contributed by atoms with Crippen LogP contribution in [0.3, 0.4) is 0 Å². The van der Waals surface area contributed by atoms with Crippen molar-refractivity contribution in [3.8, 4) is 5.75 Å². The lowest BCUT2D eigenvalue weighted by atomic mass is 10.1. The zero-order valence-electron chi connectivity index (χ0n) is 20.6. The molecule has 3 heterocycles. The van der Waals surface area contributed by atoms with Gasteiger partial charge < -0.3 is 30.1 Å². The minimum absolute atomic E-state index is 0.0741. The molecule has 2 saturated heterocycles. The molecule has 9 heteroatoms. The van der Waals surface area contributed by atoms with Gasteiger partial charge in [0.2, 0.25) is 0 Å². The number of amides is 2. The quantitative estimate of drug-likeness (QED) is 0.482. The Morgan fingerprint density at radius 3 is 2.53 bits per heavy atom. The molecular weight excluding hydrogens is 460 g/mol. The van der Waals surface area contributed by atoms with Crippen molar-refractivity contribution in [1.29, 1.82) is 0 Å². The number of hydrogen-bond donors (Lipinski definition) is 3. The van der Waals surface area contributed by atoms with Gasteiger partial charge in [-0.25, -0.2) is 4.98 Å². The number of pyridine rings is 1. The second-order valence-electron chi connectivity index (χ2n) is 9.78. The number of aromatic nitrogens is 1. The lowest BCUT2D eigenvalue weighted by Crippen LogP contribution is -2.49. The molecule has 5 rings (SSSR count). The average Bonchev–Trinajstić information content (AvgIpc) is 3.42. The second kappa shape index (κ2) is 10.9. The average molecular weight is 495 g/mol. The van der Waals surface area contributed by atoms with Crippen LogP contribution < -0.4 is 15.4 Å². The van der Waals surface area contributed by atoms with Crippen LogP contribution in [0.1, 0.15) is 51.7 Å². The maximum atomic E-state index is 13.2. The lowest BCUT2D eigenvalue weighted by Gasteiger charge is -2.34. The van der Waals surface area contributed by atoms with E-state index in [9.17, 15) is 14.7 Å². The molecule has 2 amide bonds. The molecule has 192 valence electrons. The van der Waals surface area contributed by atoms with Gasteiger partial charge in [-0.1, -0.05) is 24.3 Å². The summed E-state index contributed by atoms with van der Waals surface area (Å²) < 4.78 is 11.3. The van der Waals surface area contributed by atoms with Crippen LogP contribution >= 0.6 is 0 Å². The van der Waals surface area contributed by atoms with Crippen molar-refractivity contribution in [2.75, 3.05) is 32.9 Å². The number of morpholine rings is 1. The molecule has 2 bridgehead atoms. The van der Waals surface area contributed by atoms with Crippen molar-refractivity contribution in [2.45, 2.75) is 56.8 Å². The highest BCUT2D eigenvalue weighted by molar-refractivity contribution is 5.99. The Morgan fingerprint density at radius 1 is 1.17 bits per heavy atom. The predicted molar refractivity (Wildman–Crippen MR) is 133 cm³/mol. The summed E-state index contributed by atoms with van der Waals surface area (Å²) in [5.74, 6) is -0.247. The summed E-state index contributed by atoms with van der Waals surface area (Å²) in [6.07, 6.45) is 4.39. The topological polar surface area (TPSA) is 113 Å². The van der Waals surface area contributed by atoms with E-state index in [1.165, 1.54) is 17.3 Å². The number of aliphatic hydroxyl groups excluding tert-OH is 1. The van der Waals surface area contributed by atoms with Gasteiger partial charge in [-0.15, -0.1) is 0 Å². The van der Waals surface area contributed by atoms with Gasteiger partial charge in [-0.3, -0.25) is 9.59 Å². The van der Waals surface area contributed by atoms with Crippen LogP contribution in [0, 0.1) is 0 Å². The Balaban J connectivity index is 1.16. The fourth-order valence-electron chi connectivity index (χ4n) is 5.48. The van der Waals surface area contributed by atoms with Crippen LogP contribution in [0.4, 0.5) is 0 Å². The fraction of sp³-hybridized carbons (Fsp3) is 0.519. The number of carbonyl (C=O) groups excluding carboxylic acids is 2. The first-order valence-corrected chi connectivity index (χ1v) is 12.8. The summed E-state index contributed by atoms with van der Waals surface area (Å²) in [5, 5.41) is 16.6. The van der Waals surface area contributed by atoms with Gasteiger partial charge in [-0.2, -0.15) is 0 Å². The molecular formula is C27H34N4O5. The summed E-state index contributed by atoms with van der Waals surface area (Å²) >= 11 is 0. The molecule has 0 radical (unpaired) electrons. The van der Waals surface area contributed by atoms with Gasteiger partial charge in [0, 0.05) is 31.4 Å². The third-order valence-electron chi connectivity index (χ3n) is 7.30. The Hall–Kier alpha value is -3.01. The molecule has 2 aliphatic heterocycles. The smallest absolute Gasteiger partial charge is 0.273 e. The van der Waals surface area contributed by atoms with E-state index in [1.54, 1.807) is 6.07 Å². The van der Waals surface area contributed by atoms with E-state index in [0.29, 0.717) is 32.1 Å². The fourth-order valence-corrected chi connectivity index (χ4v) is 5.48. The van der Waals surface area contributed by atoms with Crippen molar-refractivity contribution in [1.82, 2.24) is 20.5 Å². The molecule has 1 aromatic heterocycles. The van der Waals surface area contributed by atoms with Crippen molar-refractivity contribution < 1.29 is 24.2 Å². The Bertz CT molecular complexity index is 1070. The van der Waals surface area contributed by atoms with Gasteiger partial charge in [0.25, 0.3) is 11.8 Å². The highest BCUT2D eigenvalue weighted by Gasteiger charge is 2.41. The number of hydrogen-bond acceptors (Lipinski definition) is 7. The number of benzene rings is 1. The first kappa shape index (κ1) is 24.7. The number of fused-ring (bicyclic) bond motifs is 3. The van der Waals surface area contributed by atoms with Crippen LogP contribution in [0.15, 0.2) is 36.5 Å². The third-order valence-corrected chi connectivity index (χ3v) is 7.30. The number of rotatable bonds is 9. The maximum Gasteiger partial charge on any atom is 0.273 e. The van der Waals surface area contributed by atoms with Crippen LogP contribution in [0.25, 0.3) is 0 Å². The van der Waals surface area contributed by atoms with E-state index in [-0.39, 0.29) is 41.8 Å². The van der Waals surface area contributed by atoms with Gasteiger partial charge >= 0.3 is 0 Å². The Morgan fingerprint density at radius 2 is 1.86 bits per heavy atom. The molecule has 2 unspecified atom stereocenters. The summed E-state index contributed by atoms with van der Waals surface area (Å²) in [6.45, 7) is 3.73. The molecule has 3 N–H and O–H groups in total. The third kappa shape index (κ3) is 5.23. The SMILES string of the molecule is CCOc1cc(C(=O)N2C3CCC2COC3)ncc1C(=O)NC[C@@H](O)CNC1Cc2ccccc2C1. The van der Waals surface area contributed by atoms with Crippen molar-refractivity contribution in [2.24, 2.45) is 0 Å². The van der Waals surface area contributed by atoms with Crippen molar-refractivity contribution in [3.63, 3.8) is 0 Å². The summed E-state index contributed by atoms with van der Waals surface area (Å²) in [7, 11) is 0. The molecule has 36 heavy (non-hydrogen) atoms. The molecule has 9 nitrogen and oxygen atoms in total. The molecule has 1 aliphatic carbocycles. The van der Waals surface area contributed by atoms with Crippen LogP contribution in [-0.4, -0.2) is 83.9 Å². The number of nitrogens with zero attached hydrogens (tertiary/aromatic N) is 2. The lowest BCUT2D eigenvalue weighted by molar-refractivity contribution is -0.00748. The molecule has 2 fully saturated rings. The van der Waals surface area contributed by atoms with Crippen LogP contribution in [0.2, 0.25) is 0 Å². The molecule has 2 aromatic rings. The van der Waals surface area contributed by atoms with Crippen LogP contribution in [-0.2, 0) is 17.6 Å². The minimum Gasteiger partial charge on any atom is -0.493 e. The molecule has 3 atom stereocenters. The standard InChI is InChI=1S/C27H34N4O5/c1-2-36-25-11-24(27(34)31-20-7-8-21(31)16-35-15-20)29-14-23(25)26(33)30-13-22(32)12-28-19-9-17-5-3-4-6-18(17)10-19/h3-6,11,14,19-22,28,32H,2,7-10,12-13,15-16H2,1H3,(H,30,33)/t20?,21?,22-/m0/s1. The Labute approximate surface area is 211 Å². The van der Waals surface area contributed by atoms with Gasteiger partial charge in [0.15, 0.2) is 0 Å². The van der Waals surface area contributed by atoms with Gasteiger partial charge in [-0.05, 0) is 43.7 Å². The molecule has 0 saturated carbocycles. The first-order valence-electron chi connectivity index (χ1n) is 12.8. The van der Waals surface area contributed by atoms with E-state index >= 15 is 0 Å². The largest absolute Gasteiger partial charge is 0.493 e. The summed E-state index contributed by atoms with van der Waals surface area (Å²) in [4.78, 5) is 32.2. The normalized spacial score (nSPS) is 21.8. The minimum atomic E-state index is -0.737. The zero-order valence-corrected chi connectivity index (χ0v) is 20.6. The summed E-state index contributed by atoms with van der Waals surface area (Å²) in [6, 6.07) is 10.4. The zero-order chi connectivity index (χ0) is 25.1. The monoisotopic (exact) mass is 494 g/mol.